The smallest absolute Gasteiger partial charge is 0.0898 e. The van der Waals surface area contributed by atoms with Gasteiger partial charge >= 0.3 is 0 Å². The summed E-state index contributed by atoms with van der Waals surface area (Å²) in [5, 5.41) is 22.4. The van der Waals surface area contributed by atoms with E-state index in [2.05, 4.69) is 26.1 Å². The van der Waals surface area contributed by atoms with Crippen molar-refractivity contribution in [1.29, 1.82) is 0 Å². The molecule has 3 N–H and O–H groups in total. The summed E-state index contributed by atoms with van der Waals surface area (Å²) in [4.78, 5) is 0. The van der Waals surface area contributed by atoms with Crippen molar-refractivity contribution in [3.05, 3.63) is 0 Å². The maximum Gasteiger partial charge on any atom is 0.0898 e. The molecular weight excluding hydrogens is 266 g/mol. The molecule has 0 radical (unpaired) electrons. The highest BCUT2D eigenvalue weighted by Gasteiger charge is 2.61. The molecule has 21 heavy (non-hydrogen) atoms. The van der Waals surface area contributed by atoms with Crippen LogP contribution in [-0.2, 0) is 4.74 Å². The van der Waals surface area contributed by atoms with Gasteiger partial charge < -0.3 is 20.3 Å². The Morgan fingerprint density at radius 1 is 1.33 bits per heavy atom. The number of aliphatic hydroxyl groups excluding tert-OH is 2. The number of aliphatic hydroxyl groups is 2. The van der Waals surface area contributed by atoms with Crippen LogP contribution in [0.5, 0.6) is 0 Å². The first-order valence-corrected chi connectivity index (χ1v) is 8.28. The lowest BCUT2D eigenvalue weighted by molar-refractivity contribution is -0.0751. The van der Waals surface area contributed by atoms with E-state index in [9.17, 15) is 10.2 Å². The summed E-state index contributed by atoms with van der Waals surface area (Å²) >= 11 is 0. The summed E-state index contributed by atoms with van der Waals surface area (Å²) in [6.45, 7) is 11.8. The van der Waals surface area contributed by atoms with E-state index in [-0.39, 0.29) is 23.7 Å². The third-order valence-corrected chi connectivity index (χ3v) is 6.42. The molecule has 0 aliphatic heterocycles. The molecule has 2 aliphatic rings. The van der Waals surface area contributed by atoms with Gasteiger partial charge in [0, 0.05) is 12.1 Å². The van der Waals surface area contributed by atoms with E-state index in [1.54, 1.807) is 0 Å². The van der Waals surface area contributed by atoms with E-state index in [0.717, 1.165) is 12.3 Å². The van der Waals surface area contributed by atoms with Crippen LogP contribution in [0.4, 0.5) is 0 Å². The molecule has 0 aromatic carbocycles. The zero-order valence-electron chi connectivity index (χ0n) is 14.3. The van der Waals surface area contributed by atoms with Crippen molar-refractivity contribution >= 4 is 0 Å². The molecule has 2 fully saturated rings. The Labute approximate surface area is 129 Å². The average molecular weight is 299 g/mol. The summed E-state index contributed by atoms with van der Waals surface area (Å²) < 4.78 is 6.08. The quantitative estimate of drug-likeness (QED) is 0.672. The summed E-state index contributed by atoms with van der Waals surface area (Å²) in [6, 6.07) is 0. The summed E-state index contributed by atoms with van der Waals surface area (Å²) in [6.07, 6.45) is 3.43. The molecule has 4 atom stereocenters. The van der Waals surface area contributed by atoms with Crippen molar-refractivity contribution < 1.29 is 14.9 Å². The largest absolute Gasteiger partial charge is 0.394 e. The molecule has 0 heterocycles. The van der Waals surface area contributed by atoms with Crippen LogP contribution < -0.4 is 5.32 Å². The van der Waals surface area contributed by atoms with Gasteiger partial charge in [-0.15, -0.1) is 0 Å². The van der Waals surface area contributed by atoms with Gasteiger partial charge in [-0.2, -0.15) is 0 Å². The van der Waals surface area contributed by atoms with Crippen LogP contribution >= 0.6 is 0 Å². The second kappa shape index (κ2) is 5.80. The average Bonchev–Trinajstić information content (AvgIpc) is 2.75. The molecule has 124 valence electrons. The number of hydrogen-bond donors (Lipinski definition) is 3. The number of β-amino-alcohol motifs (C(OH)–C–C–N with tert-alkyl or cyclic N) is 1. The van der Waals surface area contributed by atoms with Crippen molar-refractivity contribution in [2.45, 2.75) is 71.6 Å². The topological polar surface area (TPSA) is 61.7 Å². The minimum Gasteiger partial charge on any atom is -0.394 e. The molecule has 2 rings (SSSR count). The molecule has 4 heteroatoms. The number of fused-ring (bicyclic) bond motifs is 2. The normalized spacial score (nSPS) is 36.1. The van der Waals surface area contributed by atoms with E-state index in [1.165, 1.54) is 12.8 Å². The van der Waals surface area contributed by atoms with Crippen LogP contribution in [-0.4, -0.2) is 47.7 Å². The fourth-order valence-corrected chi connectivity index (χ4v) is 4.12. The van der Waals surface area contributed by atoms with Crippen molar-refractivity contribution in [2.24, 2.45) is 16.7 Å². The number of hydrogen-bond acceptors (Lipinski definition) is 4. The molecule has 2 bridgehead atoms. The van der Waals surface area contributed by atoms with Gasteiger partial charge in [-0.05, 0) is 49.9 Å². The summed E-state index contributed by atoms with van der Waals surface area (Å²) in [5.41, 5.74) is 0.232. The maximum absolute atomic E-state index is 10.1. The lowest BCUT2D eigenvalue weighted by Gasteiger charge is -2.39. The third kappa shape index (κ3) is 3.14. The predicted octanol–water partition coefficient (Wildman–Crippen LogP) is 1.94. The first-order valence-electron chi connectivity index (χ1n) is 8.28. The van der Waals surface area contributed by atoms with Gasteiger partial charge in [0.15, 0.2) is 0 Å². The van der Waals surface area contributed by atoms with Gasteiger partial charge in [0.2, 0.25) is 0 Å². The minimum absolute atomic E-state index is 0.0527. The van der Waals surface area contributed by atoms with Gasteiger partial charge in [-0.25, -0.2) is 0 Å². The number of nitrogens with one attached hydrogen (secondary N) is 1. The summed E-state index contributed by atoms with van der Waals surface area (Å²) in [5.74, 6) is 0.760. The van der Waals surface area contributed by atoms with Crippen LogP contribution in [0.1, 0.15) is 53.9 Å². The van der Waals surface area contributed by atoms with E-state index in [1.807, 2.05) is 13.8 Å². The summed E-state index contributed by atoms with van der Waals surface area (Å²) in [7, 11) is 0. The highest BCUT2D eigenvalue weighted by Crippen LogP contribution is 2.66. The molecule has 0 unspecified atom stereocenters. The van der Waals surface area contributed by atoms with E-state index >= 15 is 0 Å². The molecule has 0 aromatic heterocycles. The Hall–Kier alpha value is -0.160. The fraction of sp³-hybridized carbons (Fsp3) is 1.00. The first-order chi connectivity index (χ1) is 9.62. The SMILES string of the molecule is CC(C)(CO)NC[C@@H](O)CO[C@@H]1C[C@@H]2CC[C@]1(C)C2(C)C. The lowest BCUT2D eigenvalue weighted by Crippen LogP contribution is -2.47. The molecule has 0 spiro atoms. The Kier molecular flexibility index (Phi) is 4.75. The zero-order valence-corrected chi connectivity index (χ0v) is 14.3. The lowest BCUT2D eigenvalue weighted by atomic mass is 9.70. The van der Waals surface area contributed by atoms with Crippen LogP contribution in [0.3, 0.4) is 0 Å². The Morgan fingerprint density at radius 2 is 2.00 bits per heavy atom. The Balaban J connectivity index is 1.80. The highest BCUT2D eigenvalue weighted by molar-refractivity contribution is 5.11. The van der Waals surface area contributed by atoms with E-state index < -0.39 is 6.10 Å². The van der Waals surface area contributed by atoms with Gasteiger partial charge in [-0.3, -0.25) is 0 Å². The van der Waals surface area contributed by atoms with Crippen molar-refractivity contribution in [1.82, 2.24) is 5.32 Å². The standard InChI is InChI=1S/C17H33NO3/c1-15(2,11-19)18-9-13(20)10-21-14-8-12-6-7-17(14,5)16(12,3)4/h12-14,18-20H,6-11H2,1-5H3/t12-,13+,14+,17-/m0/s1. The van der Waals surface area contributed by atoms with Crippen molar-refractivity contribution in [3.8, 4) is 0 Å². The number of rotatable bonds is 7. The molecule has 4 nitrogen and oxygen atoms in total. The molecule has 0 saturated heterocycles. The maximum atomic E-state index is 10.1. The van der Waals surface area contributed by atoms with Crippen molar-refractivity contribution in [2.75, 3.05) is 19.8 Å². The van der Waals surface area contributed by atoms with Crippen LogP contribution in [0, 0.1) is 16.7 Å². The third-order valence-electron chi connectivity index (χ3n) is 6.42. The molecular formula is C17H33NO3. The zero-order chi connectivity index (χ0) is 15.9. The monoisotopic (exact) mass is 299 g/mol. The van der Waals surface area contributed by atoms with Gasteiger partial charge in [0.25, 0.3) is 0 Å². The Morgan fingerprint density at radius 3 is 2.48 bits per heavy atom. The van der Waals surface area contributed by atoms with E-state index in [0.29, 0.717) is 18.6 Å². The van der Waals surface area contributed by atoms with Crippen LogP contribution in [0.2, 0.25) is 0 Å². The van der Waals surface area contributed by atoms with Crippen LogP contribution in [0.15, 0.2) is 0 Å². The second-order valence-electron chi connectivity index (χ2n) is 8.51. The molecule has 2 aliphatic carbocycles. The Bertz CT molecular complexity index is 369. The van der Waals surface area contributed by atoms with Gasteiger partial charge in [0.1, 0.15) is 0 Å². The fourth-order valence-electron chi connectivity index (χ4n) is 4.12. The van der Waals surface area contributed by atoms with Crippen LogP contribution in [0.25, 0.3) is 0 Å². The molecule has 2 saturated carbocycles. The predicted molar refractivity (Wildman–Crippen MR) is 84.1 cm³/mol. The molecule has 0 aromatic rings. The van der Waals surface area contributed by atoms with Gasteiger partial charge in [-0.1, -0.05) is 20.8 Å². The first kappa shape index (κ1) is 17.2. The van der Waals surface area contributed by atoms with Gasteiger partial charge in [0.05, 0.1) is 25.4 Å². The highest BCUT2D eigenvalue weighted by atomic mass is 16.5. The molecule has 0 amide bonds. The number of ether oxygens (including phenoxy) is 1. The van der Waals surface area contributed by atoms with Crippen molar-refractivity contribution in [3.63, 3.8) is 0 Å². The van der Waals surface area contributed by atoms with E-state index in [4.69, 9.17) is 4.74 Å². The second-order valence-corrected chi connectivity index (χ2v) is 8.51. The minimum atomic E-state index is -0.526.